The second kappa shape index (κ2) is 13.5. The molecule has 0 heterocycles. The molecule has 0 unspecified atom stereocenters. The fourth-order valence-corrected chi connectivity index (χ4v) is 3.52. The lowest BCUT2D eigenvalue weighted by atomic mass is 10.1. The number of ether oxygens (including phenoxy) is 2. The molecule has 0 fully saturated rings. The molecule has 1 aliphatic rings. The first-order valence-corrected chi connectivity index (χ1v) is 10.9. The molecule has 0 aromatic heterocycles. The summed E-state index contributed by atoms with van der Waals surface area (Å²) in [5, 5.41) is 0. The molecule has 0 radical (unpaired) electrons. The Kier molecular flexibility index (Phi) is 10.9. The SMILES string of the molecule is CCCCCCCCCCCCCOCC(=O)OC1=CCc2ccccc21. The van der Waals surface area contributed by atoms with Gasteiger partial charge in [-0.15, -0.1) is 0 Å². The van der Waals surface area contributed by atoms with Crippen LogP contribution in [0.2, 0.25) is 0 Å². The molecule has 0 saturated carbocycles. The lowest BCUT2D eigenvalue weighted by Gasteiger charge is -2.08. The lowest BCUT2D eigenvalue weighted by Crippen LogP contribution is -2.12. The summed E-state index contributed by atoms with van der Waals surface area (Å²) < 4.78 is 10.9. The summed E-state index contributed by atoms with van der Waals surface area (Å²) in [7, 11) is 0. The molecule has 0 amide bonds. The molecule has 3 nitrogen and oxygen atoms in total. The minimum atomic E-state index is -0.305. The van der Waals surface area contributed by atoms with Gasteiger partial charge in [0.05, 0.1) is 0 Å². The van der Waals surface area contributed by atoms with Crippen LogP contribution >= 0.6 is 0 Å². The Morgan fingerprint density at radius 2 is 1.52 bits per heavy atom. The maximum Gasteiger partial charge on any atom is 0.337 e. The molecule has 0 atom stereocenters. The van der Waals surface area contributed by atoms with E-state index in [-0.39, 0.29) is 12.6 Å². The summed E-state index contributed by atoms with van der Waals surface area (Å²) >= 11 is 0. The van der Waals surface area contributed by atoms with Gasteiger partial charge in [0.15, 0.2) is 0 Å². The third-order valence-electron chi connectivity index (χ3n) is 5.13. The van der Waals surface area contributed by atoms with Crippen molar-refractivity contribution in [3.05, 3.63) is 41.5 Å². The van der Waals surface area contributed by atoms with Crippen LogP contribution in [0.25, 0.3) is 5.76 Å². The van der Waals surface area contributed by atoms with Crippen molar-refractivity contribution in [1.82, 2.24) is 0 Å². The van der Waals surface area contributed by atoms with Gasteiger partial charge in [-0.1, -0.05) is 95.4 Å². The molecular formula is C24H36O3. The van der Waals surface area contributed by atoms with Gasteiger partial charge in [0.1, 0.15) is 12.4 Å². The number of rotatable bonds is 15. The van der Waals surface area contributed by atoms with Crippen molar-refractivity contribution < 1.29 is 14.3 Å². The lowest BCUT2D eigenvalue weighted by molar-refractivity contribution is -0.141. The van der Waals surface area contributed by atoms with Gasteiger partial charge in [-0.05, 0) is 24.5 Å². The van der Waals surface area contributed by atoms with E-state index >= 15 is 0 Å². The van der Waals surface area contributed by atoms with Crippen LogP contribution in [-0.4, -0.2) is 19.2 Å². The van der Waals surface area contributed by atoms with Crippen molar-refractivity contribution in [2.24, 2.45) is 0 Å². The number of hydrogen-bond acceptors (Lipinski definition) is 3. The maximum absolute atomic E-state index is 11.9. The highest BCUT2D eigenvalue weighted by Gasteiger charge is 2.17. The van der Waals surface area contributed by atoms with E-state index in [0.717, 1.165) is 18.4 Å². The smallest absolute Gasteiger partial charge is 0.337 e. The number of benzene rings is 1. The molecule has 0 saturated heterocycles. The van der Waals surface area contributed by atoms with Gasteiger partial charge >= 0.3 is 5.97 Å². The topological polar surface area (TPSA) is 35.5 Å². The van der Waals surface area contributed by atoms with E-state index in [1.807, 2.05) is 24.3 Å². The molecule has 2 rings (SSSR count). The molecule has 3 heteroatoms. The van der Waals surface area contributed by atoms with Crippen LogP contribution in [0.5, 0.6) is 0 Å². The number of unbranched alkanes of at least 4 members (excludes halogenated alkanes) is 10. The monoisotopic (exact) mass is 372 g/mol. The van der Waals surface area contributed by atoms with Gasteiger partial charge in [0, 0.05) is 12.2 Å². The van der Waals surface area contributed by atoms with E-state index in [1.165, 1.54) is 69.8 Å². The third kappa shape index (κ3) is 8.75. The Hall–Kier alpha value is -1.61. The summed E-state index contributed by atoms with van der Waals surface area (Å²) in [6, 6.07) is 8.03. The van der Waals surface area contributed by atoms with Crippen LogP contribution in [-0.2, 0) is 20.7 Å². The van der Waals surface area contributed by atoms with Gasteiger partial charge in [0.2, 0.25) is 0 Å². The molecule has 0 bridgehead atoms. The van der Waals surface area contributed by atoms with E-state index < -0.39 is 0 Å². The van der Waals surface area contributed by atoms with Crippen LogP contribution in [0.15, 0.2) is 30.3 Å². The van der Waals surface area contributed by atoms with Crippen LogP contribution in [0.4, 0.5) is 0 Å². The quantitative estimate of drug-likeness (QED) is 0.262. The van der Waals surface area contributed by atoms with Crippen LogP contribution in [0.1, 0.15) is 88.7 Å². The zero-order valence-electron chi connectivity index (χ0n) is 17.0. The van der Waals surface area contributed by atoms with Crippen molar-refractivity contribution in [2.45, 2.75) is 84.0 Å². The number of allylic oxidation sites excluding steroid dienone is 1. The highest BCUT2D eigenvalue weighted by atomic mass is 16.6. The number of hydrogen-bond donors (Lipinski definition) is 0. The van der Waals surface area contributed by atoms with Crippen molar-refractivity contribution in [3.63, 3.8) is 0 Å². The molecular weight excluding hydrogens is 336 g/mol. The van der Waals surface area contributed by atoms with Crippen LogP contribution < -0.4 is 0 Å². The predicted molar refractivity (Wildman–Crippen MR) is 111 cm³/mol. The number of carbonyl (C=O) groups excluding carboxylic acids is 1. The molecule has 0 aliphatic heterocycles. The van der Waals surface area contributed by atoms with E-state index in [0.29, 0.717) is 12.4 Å². The number of fused-ring (bicyclic) bond motifs is 1. The third-order valence-corrected chi connectivity index (χ3v) is 5.13. The standard InChI is InChI=1S/C24H36O3/c1-2-3-4-5-6-7-8-9-10-11-14-19-26-20-24(25)27-23-18-17-21-15-12-13-16-22(21)23/h12-13,15-16,18H,2-11,14,17,19-20H2,1H3. The zero-order chi connectivity index (χ0) is 19.2. The highest BCUT2D eigenvalue weighted by Crippen LogP contribution is 2.27. The van der Waals surface area contributed by atoms with Crippen LogP contribution in [0.3, 0.4) is 0 Å². The Bertz CT molecular complexity index is 577. The summed E-state index contributed by atoms with van der Waals surface area (Å²) in [5.41, 5.74) is 2.23. The number of esters is 1. The Morgan fingerprint density at radius 3 is 2.22 bits per heavy atom. The van der Waals surface area contributed by atoms with E-state index in [1.54, 1.807) is 0 Å². The fraction of sp³-hybridized carbons (Fsp3) is 0.625. The molecule has 150 valence electrons. The zero-order valence-corrected chi connectivity index (χ0v) is 17.0. The molecule has 1 aromatic carbocycles. The summed E-state index contributed by atoms with van der Waals surface area (Å²) in [5.74, 6) is 0.370. The van der Waals surface area contributed by atoms with Gasteiger partial charge in [-0.25, -0.2) is 4.79 Å². The minimum absolute atomic E-state index is 0.0390. The van der Waals surface area contributed by atoms with Gasteiger partial charge in [-0.2, -0.15) is 0 Å². The first kappa shape index (κ1) is 21.7. The summed E-state index contributed by atoms with van der Waals surface area (Å²) in [6.07, 6.45) is 17.2. The average molecular weight is 373 g/mol. The van der Waals surface area contributed by atoms with E-state index in [4.69, 9.17) is 9.47 Å². The van der Waals surface area contributed by atoms with Crippen molar-refractivity contribution in [2.75, 3.05) is 13.2 Å². The Morgan fingerprint density at radius 1 is 0.889 bits per heavy atom. The fourth-order valence-electron chi connectivity index (χ4n) is 3.52. The molecule has 0 N–H and O–H groups in total. The first-order valence-electron chi connectivity index (χ1n) is 10.9. The van der Waals surface area contributed by atoms with Crippen molar-refractivity contribution >= 4 is 11.7 Å². The van der Waals surface area contributed by atoms with Gasteiger partial charge in [0.25, 0.3) is 0 Å². The summed E-state index contributed by atoms with van der Waals surface area (Å²) in [4.78, 5) is 11.9. The highest BCUT2D eigenvalue weighted by molar-refractivity contribution is 5.81. The molecule has 1 aromatic rings. The van der Waals surface area contributed by atoms with E-state index in [2.05, 4.69) is 13.0 Å². The van der Waals surface area contributed by atoms with Crippen LogP contribution in [0, 0.1) is 0 Å². The average Bonchev–Trinajstić information content (AvgIpc) is 3.08. The van der Waals surface area contributed by atoms with Crippen molar-refractivity contribution in [1.29, 1.82) is 0 Å². The predicted octanol–water partition coefficient (Wildman–Crippen LogP) is 6.45. The molecule has 1 aliphatic carbocycles. The largest absolute Gasteiger partial charge is 0.425 e. The Balaban J connectivity index is 1.40. The minimum Gasteiger partial charge on any atom is -0.425 e. The summed E-state index contributed by atoms with van der Waals surface area (Å²) in [6.45, 7) is 2.94. The second-order valence-corrected chi connectivity index (χ2v) is 7.49. The van der Waals surface area contributed by atoms with E-state index in [9.17, 15) is 4.79 Å². The first-order chi connectivity index (χ1) is 13.3. The van der Waals surface area contributed by atoms with Crippen molar-refractivity contribution in [3.8, 4) is 0 Å². The second-order valence-electron chi connectivity index (χ2n) is 7.49. The molecule has 0 spiro atoms. The molecule has 27 heavy (non-hydrogen) atoms. The Labute approximate surface area is 165 Å². The number of carbonyl (C=O) groups is 1. The maximum atomic E-state index is 11.9. The van der Waals surface area contributed by atoms with Gasteiger partial charge < -0.3 is 9.47 Å². The van der Waals surface area contributed by atoms with Gasteiger partial charge in [-0.3, -0.25) is 0 Å². The normalized spacial score (nSPS) is 12.7.